The molecular formula is C29H32N6O4. The van der Waals surface area contributed by atoms with Crippen molar-refractivity contribution in [2.24, 2.45) is 0 Å². The smallest absolute Gasteiger partial charge is 0.324 e. The molecule has 10 heteroatoms. The summed E-state index contributed by atoms with van der Waals surface area (Å²) in [5.41, 5.74) is 3.07. The van der Waals surface area contributed by atoms with Crippen molar-refractivity contribution in [1.82, 2.24) is 20.1 Å². The van der Waals surface area contributed by atoms with Crippen LogP contribution in [0.2, 0.25) is 0 Å². The molecule has 0 bridgehead atoms. The van der Waals surface area contributed by atoms with Crippen LogP contribution in [0, 0.1) is 6.92 Å². The molecule has 0 spiro atoms. The molecule has 202 valence electrons. The monoisotopic (exact) mass is 528 g/mol. The second kappa shape index (κ2) is 11.3. The number of methoxy groups -OCH3 is 1. The molecule has 0 saturated heterocycles. The lowest BCUT2D eigenvalue weighted by Gasteiger charge is -2.14. The van der Waals surface area contributed by atoms with Gasteiger partial charge in [0.15, 0.2) is 0 Å². The van der Waals surface area contributed by atoms with Gasteiger partial charge >= 0.3 is 6.03 Å². The number of benzene rings is 2. The summed E-state index contributed by atoms with van der Waals surface area (Å²) in [6.07, 6.45) is 1.51. The SMILES string of the molecule is CNC(=O)c1cc(Oc2ccc(NC(=O)Nc3cc(C(C)(C)C)nn3-c3ccc(OC)cc3)c(C)c2)ccn1. The molecule has 0 aliphatic heterocycles. The zero-order valence-corrected chi connectivity index (χ0v) is 22.8. The van der Waals surface area contributed by atoms with E-state index in [0.717, 1.165) is 22.7 Å². The number of aromatic nitrogens is 3. The van der Waals surface area contributed by atoms with E-state index in [2.05, 4.69) is 41.7 Å². The second-order valence-corrected chi connectivity index (χ2v) is 9.89. The van der Waals surface area contributed by atoms with Gasteiger partial charge in [-0.3, -0.25) is 15.1 Å². The number of ether oxygens (including phenoxy) is 2. The molecule has 4 aromatic rings. The van der Waals surface area contributed by atoms with E-state index in [1.165, 1.54) is 6.20 Å². The molecule has 0 aliphatic carbocycles. The van der Waals surface area contributed by atoms with Crippen molar-refractivity contribution in [3.8, 4) is 22.9 Å². The summed E-state index contributed by atoms with van der Waals surface area (Å²) in [4.78, 5) is 28.9. The third-order valence-corrected chi connectivity index (χ3v) is 5.91. The summed E-state index contributed by atoms with van der Waals surface area (Å²) in [5, 5.41) is 13.1. The van der Waals surface area contributed by atoms with E-state index in [4.69, 9.17) is 14.6 Å². The number of hydrogen-bond donors (Lipinski definition) is 3. The average Bonchev–Trinajstić information content (AvgIpc) is 3.34. The van der Waals surface area contributed by atoms with Crippen LogP contribution in [0.5, 0.6) is 17.2 Å². The largest absolute Gasteiger partial charge is 0.497 e. The molecule has 2 aromatic heterocycles. The molecule has 2 heterocycles. The van der Waals surface area contributed by atoms with Crippen LogP contribution in [0.4, 0.5) is 16.3 Å². The molecule has 2 aromatic carbocycles. The van der Waals surface area contributed by atoms with Gasteiger partial charge in [-0.2, -0.15) is 5.10 Å². The molecule has 10 nitrogen and oxygen atoms in total. The third kappa shape index (κ3) is 6.53. The van der Waals surface area contributed by atoms with Gasteiger partial charge in [0.1, 0.15) is 28.8 Å². The van der Waals surface area contributed by atoms with E-state index >= 15 is 0 Å². The Morgan fingerprint density at radius 3 is 2.23 bits per heavy atom. The first-order valence-electron chi connectivity index (χ1n) is 12.4. The van der Waals surface area contributed by atoms with Crippen molar-refractivity contribution in [2.75, 3.05) is 24.8 Å². The Morgan fingerprint density at radius 1 is 0.897 bits per heavy atom. The highest BCUT2D eigenvalue weighted by Crippen LogP contribution is 2.29. The Bertz CT molecular complexity index is 1490. The topological polar surface area (TPSA) is 119 Å². The summed E-state index contributed by atoms with van der Waals surface area (Å²) in [6, 6.07) is 17.4. The second-order valence-electron chi connectivity index (χ2n) is 9.89. The van der Waals surface area contributed by atoms with Crippen LogP contribution in [-0.4, -0.2) is 40.9 Å². The number of carbonyl (C=O) groups excluding carboxylic acids is 2. The van der Waals surface area contributed by atoms with E-state index in [9.17, 15) is 9.59 Å². The first-order chi connectivity index (χ1) is 18.6. The van der Waals surface area contributed by atoms with Gasteiger partial charge in [-0.15, -0.1) is 0 Å². The lowest BCUT2D eigenvalue weighted by molar-refractivity contribution is 0.0957. The number of hydrogen-bond acceptors (Lipinski definition) is 6. The van der Waals surface area contributed by atoms with Crippen LogP contribution in [0.25, 0.3) is 5.69 Å². The minimum absolute atomic E-state index is 0.215. The summed E-state index contributed by atoms with van der Waals surface area (Å²) in [7, 11) is 3.15. The maximum Gasteiger partial charge on any atom is 0.324 e. The fourth-order valence-corrected chi connectivity index (χ4v) is 3.73. The lowest BCUT2D eigenvalue weighted by atomic mass is 9.92. The highest BCUT2D eigenvalue weighted by atomic mass is 16.5. The predicted molar refractivity (Wildman–Crippen MR) is 150 cm³/mol. The number of nitrogens with zero attached hydrogens (tertiary/aromatic N) is 3. The van der Waals surface area contributed by atoms with Crippen LogP contribution in [0.3, 0.4) is 0 Å². The Morgan fingerprint density at radius 2 is 1.59 bits per heavy atom. The first-order valence-corrected chi connectivity index (χ1v) is 12.4. The van der Waals surface area contributed by atoms with Crippen LogP contribution >= 0.6 is 0 Å². The Hall–Kier alpha value is -4.86. The Labute approximate surface area is 227 Å². The fraction of sp³-hybridized carbons (Fsp3) is 0.241. The van der Waals surface area contributed by atoms with Gasteiger partial charge < -0.3 is 20.1 Å². The zero-order valence-electron chi connectivity index (χ0n) is 22.8. The van der Waals surface area contributed by atoms with Crippen LogP contribution in [0.15, 0.2) is 66.9 Å². The van der Waals surface area contributed by atoms with E-state index in [1.54, 1.807) is 49.2 Å². The third-order valence-electron chi connectivity index (χ3n) is 5.91. The summed E-state index contributed by atoms with van der Waals surface area (Å²) >= 11 is 0. The number of aryl methyl sites for hydroxylation is 1. The summed E-state index contributed by atoms with van der Waals surface area (Å²) in [5.74, 6) is 1.99. The minimum atomic E-state index is -0.411. The lowest BCUT2D eigenvalue weighted by Crippen LogP contribution is -2.21. The highest BCUT2D eigenvalue weighted by molar-refractivity contribution is 6.00. The molecule has 3 N–H and O–H groups in total. The maximum atomic E-state index is 13.0. The number of pyridine rings is 1. The Kier molecular flexibility index (Phi) is 7.85. The van der Waals surface area contributed by atoms with E-state index in [1.807, 2.05) is 37.3 Å². The van der Waals surface area contributed by atoms with Crippen molar-refractivity contribution >= 4 is 23.4 Å². The van der Waals surface area contributed by atoms with E-state index in [0.29, 0.717) is 23.0 Å². The minimum Gasteiger partial charge on any atom is -0.497 e. The van der Waals surface area contributed by atoms with Crippen molar-refractivity contribution in [3.63, 3.8) is 0 Å². The summed E-state index contributed by atoms with van der Waals surface area (Å²) in [6.45, 7) is 8.06. The normalized spacial score (nSPS) is 11.0. The Balaban J connectivity index is 1.50. The molecule has 0 fully saturated rings. The molecule has 4 rings (SSSR count). The molecule has 3 amide bonds. The summed E-state index contributed by atoms with van der Waals surface area (Å²) < 4.78 is 12.9. The van der Waals surface area contributed by atoms with Crippen molar-refractivity contribution in [2.45, 2.75) is 33.1 Å². The molecule has 39 heavy (non-hydrogen) atoms. The highest BCUT2D eigenvalue weighted by Gasteiger charge is 2.22. The van der Waals surface area contributed by atoms with Crippen LogP contribution < -0.4 is 25.4 Å². The maximum absolute atomic E-state index is 13.0. The molecule has 0 aliphatic rings. The number of amides is 3. The molecule has 0 radical (unpaired) electrons. The molecule has 0 unspecified atom stereocenters. The number of nitrogens with one attached hydrogen (secondary N) is 3. The van der Waals surface area contributed by atoms with Gasteiger partial charge in [-0.1, -0.05) is 20.8 Å². The number of rotatable bonds is 7. The quantitative estimate of drug-likeness (QED) is 0.284. The standard InChI is InChI=1S/C29H32N6O4/c1-18-15-21(39-22-13-14-31-24(16-22)27(36)30-5)11-12-23(18)32-28(37)33-26-17-25(29(2,3)4)34-35(26)19-7-9-20(38-6)10-8-19/h7-17H,1-6H3,(H,30,36)(H2,32,33,37). The van der Waals surface area contributed by atoms with Gasteiger partial charge in [0.25, 0.3) is 5.91 Å². The van der Waals surface area contributed by atoms with E-state index < -0.39 is 6.03 Å². The first kappa shape index (κ1) is 27.2. The molecular weight excluding hydrogens is 496 g/mol. The predicted octanol–water partition coefficient (Wildman–Crippen LogP) is 5.68. The molecule has 0 atom stereocenters. The number of anilines is 2. The van der Waals surface area contributed by atoms with Gasteiger partial charge in [-0.25, -0.2) is 9.48 Å². The van der Waals surface area contributed by atoms with Gasteiger partial charge in [-0.05, 0) is 61.0 Å². The van der Waals surface area contributed by atoms with Gasteiger partial charge in [0.05, 0.1) is 18.5 Å². The number of carbonyl (C=O) groups is 2. The van der Waals surface area contributed by atoms with E-state index in [-0.39, 0.29) is 17.0 Å². The van der Waals surface area contributed by atoms with Crippen molar-refractivity contribution < 1.29 is 19.1 Å². The van der Waals surface area contributed by atoms with Gasteiger partial charge in [0, 0.05) is 36.5 Å². The molecule has 0 saturated carbocycles. The number of urea groups is 1. The van der Waals surface area contributed by atoms with Crippen molar-refractivity contribution in [1.29, 1.82) is 0 Å². The van der Waals surface area contributed by atoms with Crippen LogP contribution in [0.1, 0.15) is 42.5 Å². The average molecular weight is 529 g/mol. The zero-order chi connectivity index (χ0) is 28.2. The van der Waals surface area contributed by atoms with Crippen LogP contribution in [-0.2, 0) is 5.41 Å². The van der Waals surface area contributed by atoms with Gasteiger partial charge in [0.2, 0.25) is 0 Å². The van der Waals surface area contributed by atoms with Crippen molar-refractivity contribution in [3.05, 3.63) is 83.8 Å². The fourth-order valence-electron chi connectivity index (χ4n) is 3.73.